The van der Waals surface area contributed by atoms with Gasteiger partial charge in [-0.2, -0.15) is 5.26 Å². The summed E-state index contributed by atoms with van der Waals surface area (Å²) in [6, 6.07) is 19.9. The van der Waals surface area contributed by atoms with Crippen molar-refractivity contribution in [1.29, 1.82) is 5.26 Å². The van der Waals surface area contributed by atoms with Gasteiger partial charge in [0.2, 0.25) is 0 Å². The predicted octanol–water partition coefficient (Wildman–Crippen LogP) is 5.27. The molecule has 176 valence electrons. The monoisotopic (exact) mass is 470 g/mol. The third-order valence-electron chi connectivity index (χ3n) is 4.91. The zero-order valence-electron chi connectivity index (χ0n) is 18.8. The van der Waals surface area contributed by atoms with Gasteiger partial charge in [0.1, 0.15) is 35.7 Å². The second kappa shape index (κ2) is 10.9. The van der Waals surface area contributed by atoms with Gasteiger partial charge in [-0.05, 0) is 48.5 Å². The summed E-state index contributed by atoms with van der Waals surface area (Å²) < 4.78 is 16.7. The Hall–Kier alpha value is -4.81. The highest BCUT2D eigenvalue weighted by atomic mass is 16.5. The smallest absolute Gasteiger partial charge is 0.323 e. The largest absolute Gasteiger partial charge is 0.508 e. The SMILES string of the molecule is COCCOc1cc2nccc(Oc3ccc(NC(=O)Nc4cccc(O)c4)cc3)c2cc1C#N. The summed E-state index contributed by atoms with van der Waals surface area (Å²) in [5.74, 6) is 1.55. The van der Waals surface area contributed by atoms with Crippen molar-refractivity contribution in [2.45, 2.75) is 0 Å². The lowest BCUT2D eigenvalue weighted by molar-refractivity contribution is 0.146. The number of ether oxygens (including phenoxy) is 3. The number of hydrogen-bond acceptors (Lipinski definition) is 7. The van der Waals surface area contributed by atoms with Gasteiger partial charge in [-0.1, -0.05) is 6.07 Å². The van der Waals surface area contributed by atoms with Crippen molar-refractivity contribution in [1.82, 2.24) is 4.98 Å². The molecule has 0 saturated heterocycles. The summed E-state index contributed by atoms with van der Waals surface area (Å²) in [6.07, 6.45) is 1.62. The van der Waals surface area contributed by atoms with E-state index in [0.717, 1.165) is 0 Å². The van der Waals surface area contributed by atoms with Crippen molar-refractivity contribution in [2.75, 3.05) is 31.0 Å². The molecule has 0 bridgehead atoms. The van der Waals surface area contributed by atoms with Crippen LogP contribution >= 0.6 is 0 Å². The maximum absolute atomic E-state index is 12.2. The van der Waals surface area contributed by atoms with Crippen molar-refractivity contribution in [2.24, 2.45) is 0 Å². The van der Waals surface area contributed by atoms with Crippen molar-refractivity contribution < 1.29 is 24.1 Å². The van der Waals surface area contributed by atoms with Gasteiger partial charge in [-0.15, -0.1) is 0 Å². The minimum absolute atomic E-state index is 0.0599. The van der Waals surface area contributed by atoms with Crippen molar-refractivity contribution >= 4 is 28.3 Å². The number of anilines is 2. The van der Waals surface area contributed by atoms with E-state index in [-0.39, 0.29) is 5.75 Å². The van der Waals surface area contributed by atoms with Crippen LogP contribution in [0.15, 0.2) is 72.9 Å². The van der Waals surface area contributed by atoms with E-state index in [9.17, 15) is 15.2 Å². The number of nitrogens with one attached hydrogen (secondary N) is 2. The number of methoxy groups -OCH3 is 1. The molecule has 0 aliphatic rings. The molecule has 0 spiro atoms. The van der Waals surface area contributed by atoms with E-state index >= 15 is 0 Å². The number of rotatable bonds is 8. The van der Waals surface area contributed by atoms with Gasteiger partial charge in [-0.3, -0.25) is 4.98 Å². The fourth-order valence-electron chi connectivity index (χ4n) is 3.29. The van der Waals surface area contributed by atoms with E-state index in [1.165, 1.54) is 12.1 Å². The normalized spacial score (nSPS) is 10.4. The first-order valence-corrected chi connectivity index (χ1v) is 10.7. The van der Waals surface area contributed by atoms with Gasteiger partial charge < -0.3 is 30.0 Å². The molecule has 9 heteroatoms. The van der Waals surface area contributed by atoms with E-state index in [4.69, 9.17) is 14.2 Å². The van der Waals surface area contributed by atoms with Crippen LogP contribution in [-0.4, -0.2) is 36.4 Å². The number of fused-ring (bicyclic) bond motifs is 1. The van der Waals surface area contributed by atoms with Crippen molar-refractivity contribution in [3.63, 3.8) is 0 Å². The molecule has 0 fully saturated rings. The number of carbonyl (C=O) groups excluding carboxylic acids is 1. The molecular weight excluding hydrogens is 448 g/mol. The highest BCUT2D eigenvalue weighted by Crippen LogP contribution is 2.33. The molecular formula is C26H22N4O5. The van der Waals surface area contributed by atoms with Gasteiger partial charge in [0, 0.05) is 42.2 Å². The van der Waals surface area contributed by atoms with Crippen molar-refractivity contribution in [3.8, 4) is 29.1 Å². The Bertz CT molecular complexity index is 1380. The van der Waals surface area contributed by atoms with E-state index in [0.29, 0.717) is 58.3 Å². The van der Waals surface area contributed by atoms with Crippen LogP contribution in [0.3, 0.4) is 0 Å². The van der Waals surface area contributed by atoms with Gasteiger partial charge >= 0.3 is 6.03 Å². The first-order valence-electron chi connectivity index (χ1n) is 10.7. The number of nitriles is 1. The number of aromatic hydroxyl groups is 1. The molecule has 0 radical (unpaired) electrons. The number of hydrogen-bond donors (Lipinski definition) is 3. The number of aromatic nitrogens is 1. The fourth-order valence-corrected chi connectivity index (χ4v) is 3.29. The molecule has 4 aromatic rings. The van der Waals surface area contributed by atoms with Crippen molar-refractivity contribution in [3.05, 3.63) is 78.5 Å². The summed E-state index contributed by atoms with van der Waals surface area (Å²) in [4.78, 5) is 16.6. The molecule has 35 heavy (non-hydrogen) atoms. The van der Waals surface area contributed by atoms with Gasteiger partial charge in [0.15, 0.2) is 0 Å². The zero-order chi connectivity index (χ0) is 24.6. The highest BCUT2D eigenvalue weighted by Gasteiger charge is 2.12. The lowest BCUT2D eigenvalue weighted by Gasteiger charge is -2.12. The number of urea groups is 1. The maximum atomic E-state index is 12.2. The van der Waals surface area contributed by atoms with Gasteiger partial charge in [-0.25, -0.2) is 4.79 Å². The molecule has 0 aliphatic carbocycles. The molecule has 0 saturated carbocycles. The van der Waals surface area contributed by atoms with Gasteiger partial charge in [0.05, 0.1) is 17.7 Å². The third kappa shape index (κ3) is 5.96. The Kier molecular flexibility index (Phi) is 7.25. The Morgan fingerprint density at radius 3 is 2.54 bits per heavy atom. The Labute approximate surface area is 201 Å². The molecule has 9 nitrogen and oxygen atoms in total. The number of pyridine rings is 1. The van der Waals surface area contributed by atoms with Crippen LogP contribution in [0.4, 0.5) is 16.2 Å². The Balaban J connectivity index is 1.47. The summed E-state index contributed by atoms with van der Waals surface area (Å²) in [6.45, 7) is 0.723. The third-order valence-corrected chi connectivity index (χ3v) is 4.91. The second-order valence-corrected chi connectivity index (χ2v) is 7.38. The first-order chi connectivity index (χ1) is 17.1. The topological polar surface area (TPSA) is 126 Å². The zero-order valence-corrected chi connectivity index (χ0v) is 18.8. The summed E-state index contributed by atoms with van der Waals surface area (Å²) in [5, 5.41) is 25.1. The van der Waals surface area contributed by atoms with Crippen LogP contribution < -0.4 is 20.1 Å². The van der Waals surface area contributed by atoms with E-state index < -0.39 is 6.03 Å². The summed E-state index contributed by atoms with van der Waals surface area (Å²) >= 11 is 0. The molecule has 0 unspecified atom stereocenters. The maximum Gasteiger partial charge on any atom is 0.323 e. The van der Waals surface area contributed by atoms with Crippen LogP contribution in [0.1, 0.15) is 5.56 Å². The summed E-state index contributed by atoms with van der Waals surface area (Å²) in [7, 11) is 1.58. The molecule has 0 atom stereocenters. The number of nitrogens with zero attached hydrogens (tertiary/aromatic N) is 2. The standard InChI is InChI=1S/C26H22N4O5/c1-33-11-12-34-25-15-23-22(13-17(25)16-27)24(9-10-28-23)35-21-7-5-18(6-8-21)29-26(32)30-19-3-2-4-20(31)14-19/h2-10,13-15,31H,11-12H2,1H3,(H2,29,30,32). The fraction of sp³-hybridized carbons (Fsp3) is 0.115. The van der Waals surface area contributed by atoms with E-state index in [2.05, 4.69) is 21.7 Å². The van der Waals surface area contributed by atoms with Crippen LogP contribution in [-0.2, 0) is 4.74 Å². The van der Waals surface area contributed by atoms with Crippen LogP contribution in [0.25, 0.3) is 10.9 Å². The van der Waals surface area contributed by atoms with Gasteiger partial charge in [0.25, 0.3) is 0 Å². The molecule has 1 heterocycles. The predicted molar refractivity (Wildman–Crippen MR) is 131 cm³/mol. The minimum Gasteiger partial charge on any atom is -0.508 e. The van der Waals surface area contributed by atoms with Crippen LogP contribution in [0, 0.1) is 11.3 Å². The minimum atomic E-state index is -0.447. The lowest BCUT2D eigenvalue weighted by atomic mass is 10.1. The molecule has 3 N–H and O–H groups in total. The van der Waals surface area contributed by atoms with E-state index in [1.807, 2.05) is 0 Å². The lowest BCUT2D eigenvalue weighted by Crippen LogP contribution is -2.19. The number of phenols is 1. The van der Waals surface area contributed by atoms with Crippen LogP contribution in [0.5, 0.6) is 23.0 Å². The molecule has 3 aromatic carbocycles. The summed E-state index contributed by atoms with van der Waals surface area (Å²) in [5.41, 5.74) is 2.01. The number of carbonyl (C=O) groups is 1. The Morgan fingerprint density at radius 2 is 1.80 bits per heavy atom. The number of amides is 2. The molecule has 4 rings (SSSR count). The average Bonchev–Trinajstić information content (AvgIpc) is 2.85. The molecule has 1 aromatic heterocycles. The number of phenolic OH excluding ortho intramolecular Hbond substituents is 1. The van der Waals surface area contributed by atoms with Crippen LogP contribution in [0.2, 0.25) is 0 Å². The molecule has 0 aliphatic heterocycles. The quantitative estimate of drug-likeness (QED) is 0.299. The number of benzene rings is 3. The highest BCUT2D eigenvalue weighted by molar-refractivity contribution is 5.99. The second-order valence-electron chi connectivity index (χ2n) is 7.38. The average molecular weight is 470 g/mol. The first kappa shape index (κ1) is 23.4. The Morgan fingerprint density at radius 1 is 1.00 bits per heavy atom. The molecule has 2 amide bonds. The van der Waals surface area contributed by atoms with E-state index in [1.54, 1.807) is 67.9 Å².